The largest absolute Gasteiger partial charge is 0.326 e. The summed E-state index contributed by atoms with van der Waals surface area (Å²) in [5, 5.41) is 0. The van der Waals surface area contributed by atoms with Gasteiger partial charge in [-0.15, -0.1) is 0 Å². The van der Waals surface area contributed by atoms with Gasteiger partial charge in [0.05, 0.1) is 29.0 Å². The first-order valence-corrected chi connectivity index (χ1v) is 7.97. The van der Waals surface area contributed by atoms with Gasteiger partial charge < -0.3 is 5.73 Å². The van der Waals surface area contributed by atoms with Crippen LogP contribution in [0.3, 0.4) is 0 Å². The second kappa shape index (κ2) is 6.30. The molecule has 0 amide bonds. The van der Waals surface area contributed by atoms with E-state index in [1.54, 1.807) is 31.5 Å². The van der Waals surface area contributed by atoms with Crippen LogP contribution >= 0.6 is 0 Å². The zero-order chi connectivity index (χ0) is 15.5. The monoisotopic (exact) mass is 306 g/mol. The molecule has 0 bridgehead atoms. The number of aryl methyl sites for hydroxylation is 2. The lowest BCUT2D eigenvalue weighted by Crippen LogP contribution is -2.24. The van der Waals surface area contributed by atoms with Gasteiger partial charge in [-0.3, -0.25) is 9.97 Å². The lowest BCUT2D eigenvalue weighted by atomic mass is 10.1. The number of hydrogen-bond donors (Lipinski definition) is 2. The molecule has 112 valence electrons. The maximum absolute atomic E-state index is 12.4. The van der Waals surface area contributed by atoms with Gasteiger partial charge in [-0.2, -0.15) is 0 Å². The summed E-state index contributed by atoms with van der Waals surface area (Å²) in [6.45, 7) is 3.97. The first kappa shape index (κ1) is 15.6. The Kier molecular flexibility index (Phi) is 4.66. The van der Waals surface area contributed by atoms with Crippen molar-refractivity contribution in [1.82, 2.24) is 14.7 Å². The predicted octanol–water partition coefficient (Wildman–Crippen LogP) is 1.03. The molecule has 7 heteroatoms. The van der Waals surface area contributed by atoms with Crippen LogP contribution in [0.25, 0.3) is 0 Å². The van der Waals surface area contributed by atoms with Crippen LogP contribution < -0.4 is 10.5 Å². The van der Waals surface area contributed by atoms with Crippen LogP contribution in [0.1, 0.15) is 22.5 Å². The summed E-state index contributed by atoms with van der Waals surface area (Å²) in [4.78, 5) is 8.45. The Hall–Kier alpha value is -1.83. The number of benzene rings is 1. The number of aromatic nitrogens is 2. The Bertz CT molecular complexity index is 727. The molecule has 2 aromatic rings. The number of nitrogens with zero attached hydrogens (tertiary/aromatic N) is 2. The van der Waals surface area contributed by atoms with Gasteiger partial charge in [0, 0.05) is 12.7 Å². The molecular formula is C14H18N4O2S. The molecule has 0 unspecified atom stereocenters. The Morgan fingerprint density at radius 3 is 2.57 bits per heavy atom. The molecule has 1 aromatic heterocycles. The van der Waals surface area contributed by atoms with Gasteiger partial charge in [0.15, 0.2) is 0 Å². The second-order valence-corrected chi connectivity index (χ2v) is 6.51. The first-order chi connectivity index (χ1) is 9.92. The number of rotatable bonds is 5. The molecule has 0 aliphatic carbocycles. The van der Waals surface area contributed by atoms with E-state index in [2.05, 4.69) is 14.7 Å². The molecule has 0 saturated carbocycles. The van der Waals surface area contributed by atoms with E-state index in [0.29, 0.717) is 17.8 Å². The third-order valence-electron chi connectivity index (χ3n) is 3.06. The Morgan fingerprint density at radius 2 is 1.95 bits per heavy atom. The molecule has 0 fully saturated rings. The van der Waals surface area contributed by atoms with Crippen LogP contribution in [0.5, 0.6) is 0 Å². The van der Waals surface area contributed by atoms with E-state index in [-0.39, 0.29) is 11.4 Å². The summed E-state index contributed by atoms with van der Waals surface area (Å²) < 4.78 is 27.3. The molecule has 6 nitrogen and oxygen atoms in total. The highest BCUT2D eigenvalue weighted by atomic mass is 32.2. The molecule has 0 radical (unpaired) electrons. The molecule has 0 atom stereocenters. The molecule has 1 heterocycles. The molecule has 3 N–H and O–H groups in total. The molecule has 0 aliphatic heterocycles. The Balaban J connectivity index is 2.20. The average Bonchev–Trinajstić information content (AvgIpc) is 2.47. The summed E-state index contributed by atoms with van der Waals surface area (Å²) in [5.41, 5.74) is 8.36. The topological polar surface area (TPSA) is 98.0 Å². The van der Waals surface area contributed by atoms with Crippen molar-refractivity contribution in [3.63, 3.8) is 0 Å². The van der Waals surface area contributed by atoms with Gasteiger partial charge in [-0.1, -0.05) is 12.1 Å². The Labute approximate surface area is 124 Å². The van der Waals surface area contributed by atoms with Gasteiger partial charge in [-0.05, 0) is 31.0 Å². The lowest BCUT2D eigenvalue weighted by Gasteiger charge is -2.10. The van der Waals surface area contributed by atoms with Crippen molar-refractivity contribution in [3.05, 3.63) is 53.1 Å². The zero-order valence-corrected chi connectivity index (χ0v) is 12.8. The van der Waals surface area contributed by atoms with Crippen molar-refractivity contribution in [2.24, 2.45) is 5.73 Å². The Morgan fingerprint density at radius 1 is 1.19 bits per heavy atom. The maximum atomic E-state index is 12.4. The van der Waals surface area contributed by atoms with E-state index in [4.69, 9.17) is 5.73 Å². The molecule has 2 rings (SSSR count). The summed E-state index contributed by atoms with van der Waals surface area (Å²) in [5.74, 6) is 0. The normalized spacial score (nSPS) is 11.6. The van der Waals surface area contributed by atoms with Gasteiger partial charge >= 0.3 is 0 Å². The summed E-state index contributed by atoms with van der Waals surface area (Å²) in [6, 6.07) is 5.17. The van der Waals surface area contributed by atoms with Gasteiger partial charge in [0.2, 0.25) is 10.0 Å². The fraction of sp³-hybridized carbons (Fsp3) is 0.286. The average molecular weight is 306 g/mol. The SMILES string of the molecule is Cc1cnc(CNS(=O)(=O)c2cc(CN)ccc2C)cn1. The van der Waals surface area contributed by atoms with Crippen molar-refractivity contribution in [2.45, 2.75) is 31.8 Å². The van der Waals surface area contributed by atoms with Crippen LogP contribution in [0.15, 0.2) is 35.5 Å². The van der Waals surface area contributed by atoms with Crippen LogP contribution in [-0.2, 0) is 23.1 Å². The van der Waals surface area contributed by atoms with Crippen molar-refractivity contribution in [2.75, 3.05) is 0 Å². The van der Waals surface area contributed by atoms with E-state index in [0.717, 1.165) is 11.3 Å². The molecule has 21 heavy (non-hydrogen) atoms. The van der Waals surface area contributed by atoms with E-state index in [9.17, 15) is 8.42 Å². The third kappa shape index (κ3) is 3.84. The van der Waals surface area contributed by atoms with Gasteiger partial charge in [-0.25, -0.2) is 13.1 Å². The summed E-state index contributed by atoms with van der Waals surface area (Å²) >= 11 is 0. The van der Waals surface area contributed by atoms with Crippen molar-refractivity contribution >= 4 is 10.0 Å². The minimum absolute atomic E-state index is 0.0991. The quantitative estimate of drug-likeness (QED) is 0.860. The minimum atomic E-state index is -3.61. The molecule has 0 saturated heterocycles. The summed E-state index contributed by atoms with van der Waals surface area (Å²) in [7, 11) is -3.61. The van der Waals surface area contributed by atoms with Gasteiger partial charge in [0.1, 0.15) is 0 Å². The fourth-order valence-corrected chi connectivity index (χ4v) is 3.11. The predicted molar refractivity (Wildman–Crippen MR) is 79.9 cm³/mol. The number of sulfonamides is 1. The van der Waals surface area contributed by atoms with E-state index in [1.165, 1.54) is 0 Å². The second-order valence-electron chi connectivity index (χ2n) is 4.78. The minimum Gasteiger partial charge on any atom is -0.326 e. The van der Waals surface area contributed by atoms with Crippen molar-refractivity contribution in [1.29, 1.82) is 0 Å². The van der Waals surface area contributed by atoms with E-state index < -0.39 is 10.0 Å². The zero-order valence-electron chi connectivity index (χ0n) is 12.0. The standard InChI is InChI=1S/C14H18N4O2S/c1-10-3-4-12(6-15)5-14(10)21(19,20)18-9-13-8-16-11(2)7-17-13/h3-5,7-8,18H,6,9,15H2,1-2H3. The van der Waals surface area contributed by atoms with Crippen LogP contribution in [0.4, 0.5) is 0 Å². The highest BCUT2D eigenvalue weighted by molar-refractivity contribution is 7.89. The number of hydrogen-bond acceptors (Lipinski definition) is 5. The van der Waals surface area contributed by atoms with Gasteiger partial charge in [0.25, 0.3) is 0 Å². The van der Waals surface area contributed by atoms with E-state index in [1.807, 2.05) is 13.0 Å². The molecular weight excluding hydrogens is 288 g/mol. The van der Waals surface area contributed by atoms with E-state index >= 15 is 0 Å². The van der Waals surface area contributed by atoms with Crippen LogP contribution in [0, 0.1) is 13.8 Å². The van der Waals surface area contributed by atoms with Crippen molar-refractivity contribution < 1.29 is 8.42 Å². The maximum Gasteiger partial charge on any atom is 0.241 e. The highest BCUT2D eigenvalue weighted by Gasteiger charge is 2.17. The fourth-order valence-electron chi connectivity index (χ4n) is 1.82. The lowest BCUT2D eigenvalue weighted by molar-refractivity contribution is 0.579. The number of nitrogens with one attached hydrogen (secondary N) is 1. The van der Waals surface area contributed by atoms with Crippen molar-refractivity contribution in [3.8, 4) is 0 Å². The molecule has 0 aliphatic rings. The summed E-state index contributed by atoms with van der Waals surface area (Å²) in [6.07, 6.45) is 3.16. The molecule has 0 spiro atoms. The highest BCUT2D eigenvalue weighted by Crippen LogP contribution is 2.17. The first-order valence-electron chi connectivity index (χ1n) is 6.49. The third-order valence-corrected chi connectivity index (χ3v) is 4.60. The smallest absolute Gasteiger partial charge is 0.241 e. The molecule has 1 aromatic carbocycles. The van der Waals surface area contributed by atoms with Crippen LogP contribution in [-0.4, -0.2) is 18.4 Å². The van der Waals surface area contributed by atoms with Crippen LogP contribution in [0.2, 0.25) is 0 Å². The number of nitrogens with two attached hydrogens (primary N) is 1.